The normalized spacial score (nSPS) is 17.3. The van der Waals surface area contributed by atoms with E-state index in [4.69, 9.17) is 14.2 Å². The van der Waals surface area contributed by atoms with Crippen LogP contribution in [0.5, 0.6) is 11.5 Å². The zero-order chi connectivity index (χ0) is 23.6. The van der Waals surface area contributed by atoms with E-state index in [-0.39, 0.29) is 17.7 Å². The fourth-order valence-electron chi connectivity index (χ4n) is 4.74. The van der Waals surface area contributed by atoms with Crippen LogP contribution in [0.2, 0.25) is 0 Å². The Balaban J connectivity index is 1.55. The number of carbonyl (C=O) groups is 1. The molecule has 7 heteroatoms. The Bertz CT molecular complexity index is 1200. The van der Waals surface area contributed by atoms with Gasteiger partial charge in [-0.2, -0.15) is 0 Å². The van der Waals surface area contributed by atoms with Gasteiger partial charge in [0, 0.05) is 22.9 Å². The first-order valence-electron chi connectivity index (χ1n) is 11.0. The van der Waals surface area contributed by atoms with Gasteiger partial charge in [-0.15, -0.1) is 0 Å². The Morgan fingerprint density at radius 2 is 1.67 bits per heavy atom. The minimum absolute atomic E-state index is 0.0582. The molecule has 33 heavy (non-hydrogen) atoms. The average molecular weight is 450 g/mol. The molecule has 3 aromatic rings. The van der Waals surface area contributed by atoms with Crippen LogP contribution in [-0.4, -0.2) is 31.7 Å². The van der Waals surface area contributed by atoms with Crippen molar-refractivity contribution in [3.05, 3.63) is 75.3 Å². The van der Waals surface area contributed by atoms with Crippen LogP contribution in [0.1, 0.15) is 47.7 Å². The van der Waals surface area contributed by atoms with Crippen LogP contribution in [-0.2, 0) is 16.6 Å². The summed E-state index contributed by atoms with van der Waals surface area (Å²) in [6.45, 7) is 2.47. The Labute approximate surface area is 192 Å². The Hall–Kier alpha value is -3.61. The maximum Gasteiger partial charge on any atom is 0.338 e. The number of aryl methyl sites for hydroxylation is 1. The van der Waals surface area contributed by atoms with Crippen molar-refractivity contribution in [3.8, 4) is 11.5 Å². The number of nitro benzene ring substituents is 1. The van der Waals surface area contributed by atoms with Crippen LogP contribution in [0.4, 0.5) is 5.69 Å². The minimum Gasteiger partial charge on any atom is -0.496 e. The summed E-state index contributed by atoms with van der Waals surface area (Å²) in [5, 5.41) is 12.8. The number of nitro groups is 1. The molecule has 7 nitrogen and oxygen atoms in total. The van der Waals surface area contributed by atoms with Gasteiger partial charge in [0.25, 0.3) is 5.69 Å². The second kappa shape index (κ2) is 9.10. The molecule has 0 bridgehead atoms. The quantitative estimate of drug-likeness (QED) is 0.265. The molecule has 0 fully saturated rings. The van der Waals surface area contributed by atoms with E-state index in [0.717, 1.165) is 41.5 Å². The van der Waals surface area contributed by atoms with Gasteiger partial charge in [-0.25, -0.2) is 4.79 Å². The topological polar surface area (TPSA) is 87.9 Å². The van der Waals surface area contributed by atoms with E-state index in [1.54, 1.807) is 14.2 Å². The molecule has 1 aliphatic carbocycles. The zero-order valence-electron chi connectivity index (χ0n) is 19.1. The molecule has 0 aliphatic heterocycles. The van der Waals surface area contributed by atoms with Crippen molar-refractivity contribution in [2.45, 2.75) is 38.0 Å². The third kappa shape index (κ3) is 4.35. The van der Waals surface area contributed by atoms with E-state index in [9.17, 15) is 14.9 Å². The van der Waals surface area contributed by atoms with Crippen LogP contribution < -0.4 is 9.47 Å². The van der Waals surface area contributed by atoms with Gasteiger partial charge in [0.2, 0.25) is 0 Å². The molecular formula is C26H27NO6. The van der Waals surface area contributed by atoms with Crippen molar-refractivity contribution in [2.24, 2.45) is 0 Å². The third-order valence-corrected chi connectivity index (χ3v) is 6.63. The summed E-state index contributed by atoms with van der Waals surface area (Å²) in [5.41, 5.74) is 2.63. The van der Waals surface area contributed by atoms with Crippen LogP contribution in [0.15, 0.2) is 48.5 Å². The number of hydrogen-bond donors (Lipinski definition) is 0. The molecule has 0 saturated carbocycles. The van der Waals surface area contributed by atoms with E-state index < -0.39 is 10.9 Å². The third-order valence-electron chi connectivity index (χ3n) is 6.63. The highest BCUT2D eigenvalue weighted by atomic mass is 16.6. The number of carbonyl (C=O) groups excluding carboxylic acids is 1. The molecule has 0 unspecified atom stereocenters. The highest BCUT2D eigenvalue weighted by molar-refractivity contribution is 5.95. The standard InChI is InChI=1S/C26H27NO6/c1-26(13-14-33-25(28)17-6-8-19(9-7-17)27(29)30)12-4-5-18-15-20-21(16-22(18)26)24(32-3)11-10-23(20)31-2/h6-11,15-16H,4-5,12-14H2,1-3H3/t26-/m0/s1. The van der Waals surface area contributed by atoms with Gasteiger partial charge >= 0.3 is 5.97 Å². The van der Waals surface area contributed by atoms with Crippen LogP contribution in [0.25, 0.3) is 10.8 Å². The Morgan fingerprint density at radius 1 is 1.03 bits per heavy atom. The van der Waals surface area contributed by atoms with Crippen molar-refractivity contribution in [1.82, 2.24) is 0 Å². The molecule has 1 aliphatic rings. The number of nitrogens with zero attached hydrogens (tertiary/aromatic N) is 1. The van der Waals surface area contributed by atoms with Crippen molar-refractivity contribution < 1.29 is 23.9 Å². The molecular weight excluding hydrogens is 422 g/mol. The van der Waals surface area contributed by atoms with Gasteiger partial charge in [-0.1, -0.05) is 6.92 Å². The number of esters is 1. The first-order valence-corrected chi connectivity index (χ1v) is 11.0. The van der Waals surface area contributed by atoms with Crippen LogP contribution in [0, 0.1) is 10.1 Å². The van der Waals surface area contributed by atoms with Crippen LogP contribution >= 0.6 is 0 Å². The monoisotopic (exact) mass is 449 g/mol. The molecule has 0 radical (unpaired) electrons. The van der Waals surface area contributed by atoms with Gasteiger partial charge in [-0.05, 0) is 78.6 Å². The van der Waals surface area contributed by atoms with E-state index in [1.165, 1.54) is 35.4 Å². The first kappa shape index (κ1) is 22.6. The molecule has 3 aromatic carbocycles. The smallest absolute Gasteiger partial charge is 0.338 e. The number of benzene rings is 3. The van der Waals surface area contributed by atoms with E-state index in [0.29, 0.717) is 12.0 Å². The summed E-state index contributed by atoms with van der Waals surface area (Å²) in [4.78, 5) is 22.7. The fraction of sp³-hybridized carbons (Fsp3) is 0.346. The van der Waals surface area contributed by atoms with E-state index in [2.05, 4.69) is 19.1 Å². The van der Waals surface area contributed by atoms with Crippen molar-refractivity contribution in [1.29, 1.82) is 0 Å². The summed E-state index contributed by atoms with van der Waals surface area (Å²) >= 11 is 0. The van der Waals surface area contributed by atoms with Gasteiger partial charge in [0.05, 0.1) is 31.3 Å². The molecule has 4 rings (SSSR count). The SMILES string of the molecule is COc1ccc(OC)c2cc3c(cc12)CCC[C@@]3(C)CCOC(=O)c1ccc([N+](=O)[O-])cc1. The molecule has 0 aromatic heterocycles. The van der Waals surface area contributed by atoms with Gasteiger partial charge in [0.1, 0.15) is 11.5 Å². The number of methoxy groups -OCH3 is 2. The second-order valence-corrected chi connectivity index (χ2v) is 8.63. The van der Waals surface area contributed by atoms with Crippen LogP contribution in [0.3, 0.4) is 0 Å². The summed E-state index contributed by atoms with van der Waals surface area (Å²) in [6.07, 6.45) is 3.71. The zero-order valence-corrected chi connectivity index (χ0v) is 19.1. The Morgan fingerprint density at radius 3 is 2.27 bits per heavy atom. The number of non-ortho nitro benzene ring substituents is 1. The number of rotatable bonds is 7. The fourth-order valence-corrected chi connectivity index (χ4v) is 4.74. The summed E-state index contributed by atoms with van der Waals surface area (Å²) < 4.78 is 16.7. The van der Waals surface area contributed by atoms with E-state index >= 15 is 0 Å². The number of ether oxygens (including phenoxy) is 3. The first-order chi connectivity index (χ1) is 15.9. The number of hydrogen-bond acceptors (Lipinski definition) is 6. The maximum atomic E-state index is 12.4. The summed E-state index contributed by atoms with van der Waals surface area (Å²) in [7, 11) is 3.33. The summed E-state index contributed by atoms with van der Waals surface area (Å²) in [6, 6.07) is 13.7. The van der Waals surface area contributed by atoms with Gasteiger partial charge in [0.15, 0.2) is 0 Å². The molecule has 0 saturated heterocycles. The Kier molecular flexibility index (Phi) is 6.22. The van der Waals surface area contributed by atoms with Gasteiger partial charge in [-0.3, -0.25) is 10.1 Å². The molecule has 0 amide bonds. The lowest BCUT2D eigenvalue weighted by Crippen LogP contribution is -2.29. The predicted molar refractivity (Wildman–Crippen MR) is 125 cm³/mol. The number of fused-ring (bicyclic) bond motifs is 2. The van der Waals surface area contributed by atoms with Crippen molar-refractivity contribution in [2.75, 3.05) is 20.8 Å². The van der Waals surface area contributed by atoms with Crippen molar-refractivity contribution in [3.63, 3.8) is 0 Å². The highest BCUT2D eigenvalue weighted by Gasteiger charge is 2.33. The molecule has 0 heterocycles. The molecule has 172 valence electrons. The maximum absolute atomic E-state index is 12.4. The highest BCUT2D eigenvalue weighted by Crippen LogP contribution is 2.44. The average Bonchev–Trinajstić information content (AvgIpc) is 2.82. The summed E-state index contributed by atoms with van der Waals surface area (Å²) in [5.74, 6) is 1.14. The molecule has 0 spiro atoms. The molecule has 1 atom stereocenters. The van der Waals surface area contributed by atoms with E-state index in [1.807, 2.05) is 12.1 Å². The second-order valence-electron chi connectivity index (χ2n) is 8.63. The van der Waals surface area contributed by atoms with Crippen molar-refractivity contribution >= 4 is 22.4 Å². The lowest BCUT2D eigenvalue weighted by atomic mass is 9.69. The lowest BCUT2D eigenvalue weighted by molar-refractivity contribution is -0.384. The predicted octanol–water partition coefficient (Wildman–Crippen LogP) is 5.61. The van der Waals surface area contributed by atoms with Gasteiger partial charge < -0.3 is 14.2 Å². The largest absolute Gasteiger partial charge is 0.496 e. The minimum atomic E-state index is -0.495. The lowest BCUT2D eigenvalue weighted by Gasteiger charge is -2.36. The molecule has 0 N–H and O–H groups in total.